The number of carbonyl (C=O) groups excluding carboxylic acids is 1. The molecule has 0 aliphatic carbocycles. The second-order valence-electron chi connectivity index (χ2n) is 4.59. The van der Waals surface area contributed by atoms with Crippen LogP contribution >= 0.6 is 0 Å². The summed E-state index contributed by atoms with van der Waals surface area (Å²) in [5, 5.41) is 7.23. The van der Waals surface area contributed by atoms with E-state index < -0.39 is 0 Å². The molecule has 100 valence electrons. The highest BCUT2D eigenvalue weighted by molar-refractivity contribution is 5.78. The number of carbonyl (C=O) groups is 1. The number of hydrogen-bond donors (Lipinski definition) is 1. The minimum absolute atomic E-state index is 0.0721. The van der Waals surface area contributed by atoms with Gasteiger partial charge in [-0.3, -0.25) is 9.48 Å². The molecule has 0 saturated carbocycles. The van der Waals surface area contributed by atoms with Crippen LogP contribution in [0.4, 0.5) is 0 Å². The molecule has 0 bridgehead atoms. The van der Waals surface area contributed by atoms with Crippen molar-refractivity contribution < 1.29 is 4.79 Å². The third-order valence-corrected chi connectivity index (χ3v) is 2.87. The normalized spacial score (nSPS) is 10.4. The van der Waals surface area contributed by atoms with Gasteiger partial charge in [-0.25, -0.2) is 0 Å². The molecule has 0 fully saturated rings. The van der Waals surface area contributed by atoms with Gasteiger partial charge in [0.1, 0.15) is 0 Å². The molecule has 4 heteroatoms. The van der Waals surface area contributed by atoms with E-state index in [-0.39, 0.29) is 5.91 Å². The van der Waals surface area contributed by atoms with Crippen LogP contribution in [0.1, 0.15) is 17.7 Å². The highest BCUT2D eigenvalue weighted by Crippen LogP contribution is 1.99. The summed E-state index contributed by atoms with van der Waals surface area (Å²) >= 11 is 0. The number of benzene rings is 1. The summed E-state index contributed by atoms with van der Waals surface area (Å²) in [6, 6.07) is 11.8. The van der Waals surface area contributed by atoms with E-state index in [9.17, 15) is 4.79 Å². The van der Waals surface area contributed by atoms with E-state index in [2.05, 4.69) is 10.4 Å². The number of aryl methyl sites for hydroxylation is 2. The SMILES string of the molecule is Cc1ccn(CCCNC(=O)Cc2ccccc2)n1. The molecule has 19 heavy (non-hydrogen) atoms. The van der Waals surface area contributed by atoms with Crippen LogP contribution < -0.4 is 5.32 Å². The molecule has 1 aromatic heterocycles. The van der Waals surface area contributed by atoms with Crippen LogP contribution in [0.2, 0.25) is 0 Å². The first-order chi connectivity index (χ1) is 9.24. The Morgan fingerprint density at radius 1 is 1.26 bits per heavy atom. The van der Waals surface area contributed by atoms with Crippen LogP contribution in [0.25, 0.3) is 0 Å². The Morgan fingerprint density at radius 3 is 2.74 bits per heavy atom. The number of nitrogens with zero attached hydrogens (tertiary/aromatic N) is 2. The molecule has 0 spiro atoms. The van der Waals surface area contributed by atoms with Gasteiger partial charge in [-0.15, -0.1) is 0 Å². The molecular weight excluding hydrogens is 238 g/mol. The molecule has 1 aromatic carbocycles. The second kappa shape index (κ2) is 6.73. The lowest BCUT2D eigenvalue weighted by Crippen LogP contribution is -2.26. The van der Waals surface area contributed by atoms with Crippen LogP contribution in [-0.4, -0.2) is 22.2 Å². The first-order valence-electron chi connectivity index (χ1n) is 6.55. The molecule has 4 nitrogen and oxygen atoms in total. The maximum absolute atomic E-state index is 11.7. The number of aromatic nitrogens is 2. The Labute approximate surface area is 113 Å². The molecule has 2 aromatic rings. The summed E-state index contributed by atoms with van der Waals surface area (Å²) in [7, 11) is 0. The van der Waals surface area contributed by atoms with E-state index in [1.54, 1.807) is 0 Å². The van der Waals surface area contributed by atoms with Gasteiger partial charge in [0, 0.05) is 19.3 Å². The fourth-order valence-electron chi connectivity index (χ4n) is 1.90. The fraction of sp³-hybridized carbons (Fsp3) is 0.333. The lowest BCUT2D eigenvalue weighted by Gasteiger charge is -2.05. The predicted octanol–water partition coefficient (Wildman–Crippen LogP) is 1.94. The zero-order valence-electron chi connectivity index (χ0n) is 11.2. The molecule has 2 rings (SSSR count). The van der Waals surface area contributed by atoms with Crippen molar-refractivity contribution in [2.24, 2.45) is 0 Å². The molecule has 1 N–H and O–H groups in total. The maximum Gasteiger partial charge on any atom is 0.224 e. The molecule has 0 aliphatic rings. The molecule has 1 amide bonds. The maximum atomic E-state index is 11.7. The van der Waals surface area contributed by atoms with Gasteiger partial charge in [0.15, 0.2) is 0 Å². The Bertz CT molecular complexity index is 519. The van der Waals surface area contributed by atoms with Gasteiger partial charge in [-0.2, -0.15) is 5.10 Å². The van der Waals surface area contributed by atoms with Crippen LogP contribution in [0.5, 0.6) is 0 Å². The number of rotatable bonds is 6. The molecule has 0 radical (unpaired) electrons. The van der Waals surface area contributed by atoms with Crippen molar-refractivity contribution in [3.8, 4) is 0 Å². The minimum Gasteiger partial charge on any atom is -0.356 e. The lowest BCUT2D eigenvalue weighted by atomic mass is 10.1. The van der Waals surface area contributed by atoms with E-state index >= 15 is 0 Å². The van der Waals surface area contributed by atoms with Crippen molar-refractivity contribution in [2.45, 2.75) is 26.3 Å². The highest BCUT2D eigenvalue weighted by Gasteiger charge is 2.02. The summed E-state index contributed by atoms with van der Waals surface area (Å²) in [6.07, 6.45) is 3.30. The third-order valence-electron chi connectivity index (χ3n) is 2.87. The fourth-order valence-corrected chi connectivity index (χ4v) is 1.90. The van der Waals surface area contributed by atoms with Crippen LogP contribution in [0.15, 0.2) is 42.6 Å². The molecule has 0 unspecified atom stereocenters. The van der Waals surface area contributed by atoms with Crippen molar-refractivity contribution in [2.75, 3.05) is 6.54 Å². The second-order valence-corrected chi connectivity index (χ2v) is 4.59. The summed E-state index contributed by atoms with van der Waals surface area (Å²) in [5.41, 5.74) is 2.07. The van der Waals surface area contributed by atoms with Gasteiger partial charge >= 0.3 is 0 Å². The molecular formula is C15H19N3O. The zero-order chi connectivity index (χ0) is 13.5. The van der Waals surface area contributed by atoms with E-state index in [4.69, 9.17) is 0 Å². The van der Waals surface area contributed by atoms with E-state index in [0.717, 1.165) is 24.2 Å². The average Bonchev–Trinajstić information content (AvgIpc) is 2.82. The first-order valence-corrected chi connectivity index (χ1v) is 6.55. The van der Waals surface area contributed by atoms with Crippen LogP contribution in [-0.2, 0) is 17.8 Å². The molecule has 0 aliphatic heterocycles. The highest BCUT2D eigenvalue weighted by atomic mass is 16.1. The summed E-state index contributed by atoms with van der Waals surface area (Å²) in [4.78, 5) is 11.7. The zero-order valence-corrected chi connectivity index (χ0v) is 11.2. The van der Waals surface area contributed by atoms with Crippen molar-refractivity contribution >= 4 is 5.91 Å². The van der Waals surface area contributed by atoms with Gasteiger partial charge in [0.2, 0.25) is 5.91 Å². The van der Waals surface area contributed by atoms with Gasteiger partial charge in [0.25, 0.3) is 0 Å². The predicted molar refractivity (Wildman–Crippen MR) is 74.7 cm³/mol. The summed E-state index contributed by atoms with van der Waals surface area (Å²) in [5.74, 6) is 0.0721. The minimum atomic E-state index is 0.0721. The summed E-state index contributed by atoms with van der Waals surface area (Å²) < 4.78 is 1.90. The Kier molecular flexibility index (Phi) is 4.72. The van der Waals surface area contributed by atoms with E-state index in [1.807, 2.05) is 54.2 Å². The standard InChI is InChI=1S/C15H19N3O/c1-13-8-11-18(17-13)10-5-9-16-15(19)12-14-6-3-2-4-7-14/h2-4,6-8,11H,5,9-10,12H2,1H3,(H,16,19). The molecule has 1 heterocycles. The number of amides is 1. The van der Waals surface area contributed by atoms with Gasteiger partial charge in [0.05, 0.1) is 12.1 Å². The smallest absolute Gasteiger partial charge is 0.224 e. The van der Waals surface area contributed by atoms with Gasteiger partial charge in [-0.1, -0.05) is 30.3 Å². The third kappa shape index (κ3) is 4.58. The monoisotopic (exact) mass is 257 g/mol. The topological polar surface area (TPSA) is 46.9 Å². The summed E-state index contributed by atoms with van der Waals surface area (Å²) in [6.45, 7) is 3.49. The van der Waals surface area contributed by atoms with Gasteiger partial charge in [-0.05, 0) is 25.0 Å². The van der Waals surface area contributed by atoms with Crippen LogP contribution in [0, 0.1) is 6.92 Å². The molecule has 0 saturated heterocycles. The largest absolute Gasteiger partial charge is 0.356 e. The van der Waals surface area contributed by atoms with Gasteiger partial charge < -0.3 is 5.32 Å². The lowest BCUT2D eigenvalue weighted by molar-refractivity contribution is -0.120. The van der Waals surface area contributed by atoms with Crippen LogP contribution in [0.3, 0.4) is 0 Å². The van der Waals surface area contributed by atoms with Crippen molar-refractivity contribution in [3.05, 3.63) is 53.9 Å². The Morgan fingerprint density at radius 2 is 2.05 bits per heavy atom. The Hall–Kier alpha value is -2.10. The average molecular weight is 257 g/mol. The quantitative estimate of drug-likeness (QED) is 0.804. The van der Waals surface area contributed by atoms with Crippen molar-refractivity contribution in [1.82, 2.24) is 15.1 Å². The van der Waals surface area contributed by atoms with Crippen molar-refractivity contribution in [1.29, 1.82) is 0 Å². The number of nitrogens with one attached hydrogen (secondary N) is 1. The van der Waals surface area contributed by atoms with E-state index in [0.29, 0.717) is 13.0 Å². The van der Waals surface area contributed by atoms with Crippen molar-refractivity contribution in [3.63, 3.8) is 0 Å². The Balaban J connectivity index is 1.64. The first kappa shape index (κ1) is 13.3. The number of hydrogen-bond acceptors (Lipinski definition) is 2. The van der Waals surface area contributed by atoms with E-state index in [1.165, 1.54) is 0 Å². The molecule has 0 atom stereocenters.